The number of rotatable bonds is 8. The maximum atomic E-state index is 13.8. The van der Waals surface area contributed by atoms with E-state index in [-0.39, 0.29) is 18.8 Å². The lowest BCUT2D eigenvalue weighted by Crippen LogP contribution is -2.16. The van der Waals surface area contributed by atoms with Crippen LogP contribution in [0.3, 0.4) is 0 Å². The van der Waals surface area contributed by atoms with Gasteiger partial charge in [0.15, 0.2) is 11.5 Å². The third-order valence-electron chi connectivity index (χ3n) is 3.30. The van der Waals surface area contributed by atoms with Crippen LogP contribution < -0.4 is 14.9 Å². The highest BCUT2D eigenvalue weighted by Gasteiger charge is 2.13. The van der Waals surface area contributed by atoms with E-state index < -0.39 is 5.91 Å². The standard InChI is InChI=1S/C19H17BrFN3O3/c1-2-26-17-10-13(11-23-24-18(25)7-8-22)9-15(20)19(17)27-12-14-5-3-4-6-16(14)21/h3-6,9-11H,2,7,12H2,1H3,(H,24,25)/b23-11-. The topological polar surface area (TPSA) is 83.7 Å². The zero-order valence-corrected chi connectivity index (χ0v) is 16.1. The minimum absolute atomic E-state index is 0.0446. The molecular weight excluding hydrogens is 417 g/mol. The minimum atomic E-state index is -0.498. The van der Waals surface area contributed by atoms with E-state index in [1.165, 1.54) is 12.3 Å². The third-order valence-corrected chi connectivity index (χ3v) is 3.89. The van der Waals surface area contributed by atoms with Gasteiger partial charge in [-0.15, -0.1) is 0 Å². The van der Waals surface area contributed by atoms with Crippen molar-refractivity contribution in [3.8, 4) is 17.6 Å². The van der Waals surface area contributed by atoms with Crippen LogP contribution in [0.25, 0.3) is 0 Å². The molecule has 8 heteroatoms. The van der Waals surface area contributed by atoms with Crippen molar-refractivity contribution in [1.82, 2.24) is 5.43 Å². The highest BCUT2D eigenvalue weighted by molar-refractivity contribution is 9.10. The van der Waals surface area contributed by atoms with Gasteiger partial charge in [-0.25, -0.2) is 9.82 Å². The molecule has 2 aromatic rings. The monoisotopic (exact) mass is 433 g/mol. The van der Waals surface area contributed by atoms with Crippen LogP contribution >= 0.6 is 15.9 Å². The van der Waals surface area contributed by atoms with Crippen LogP contribution in [0.4, 0.5) is 4.39 Å². The van der Waals surface area contributed by atoms with Crippen LogP contribution in [-0.2, 0) is 11.4 Å². The number of amides is 1. The number of carbonyl (C=O) groups is 1. The van der Waals surface area contributed by atoms with E-state index in [1.807, 2.05) is 6.92 Å². The van der Waals surface area contributed by atoms with Crippen molar-refractivity contribution in [3.63, 3.8) is 0 Å². The van der Waals surface area contributed by atoms with Crippen molar-refractivity contribution in [2.45, 2.75) is 20.0 Å². The minimum Gasteiger partial charge on any atom is -0.490 e. The van der Waals surface area contributed by atoms with Crippen molar-refractivity contribution < 1.29 is 18.7 Å². The van der Waals surface area contributed by atoms with E-state index in [4.69, 9.17) is 14.7 Å². The molecule has 0 heterocycles. The molecule has 0 saturated heterocycles. The number of benzene rings is 2. The van der Waals surface area contributed by atoms with Gasteiger partial charge in [-0.05, 0) is 46.6 Å². The lowest BCUT2D eigenvalue weighted by molar-refractivity contribution is -0.120. The summed E-state index contributed by atoms with van der Waals surface area (Å²) in [7, 11) is 0. The number of hydrazone groups is 1. The summed E-state index contributed by atoms with van der Waals surface area (Å²) >= 11 is 3.41. The lowest BCUT2D eigenvalue weighted by atomic mass is 10.2. The molecule has 0 aliphatic rings. The zero-order valence-electron chi connectivity index (χ0n) is 14.5. The maximum absolute atomic E-state index is 13.8. The molecule has 0 radical (unpaired) electrons. The van der Waals surface area contributed by atoms with E-state index in [2.05, 4.69) is 26.5 Å². The second-order valence-corrected chi connectivity index (χ2v) is 6.13. The van der Waals surface area contributed by atoms with E-state index in [0.29, 0.717) is 33.7 Å². The second kappa shape index (κ2) is 10.3. The fraction of sp³-hybridized carbons (Fsp3) is 0.211. The van der Waals surface area contributed by atoms with Crippen molar-refractivity contribution in [2.75, 3.05) is 6.61 Å². The molecule has 140 valence electrons. The number of hydrogen-bond acceptors (Lipinski definition) is 5. The average Bonchev–Trinajstić information content (AvgIpc) is 2.63. The summed E-state index contributed by atoms with van der Waals surface area (Å²) in [5, 5.41) is 12.2. The highest BCUT2D eigenvalue weighted by Crippen LogP contribution is 2.37. The molecule has 0 unspecified atom stereocenters. The van der Waals surface area contributed by atoms with Crippen LogP contribution in [0.5, 0.6) is 11.5 Å². The molecule has 0 aromatic heterocycles. The van der Waals surface area contributed by atoms with E-state index in [0.717, 1.165) is 0 Å². The van der Waals surface area contributed by atoms with Gasteiger partial charge < -0.3 is 9.47 Å². The predicted octanol–water partition coefficient (Wildman–Crippen LogP) is 3.93. The number of carbonyl (C=O) groups excluding carboxylic acids is 1. The Balaban J connectivity index is 2.18. The molecule has 1 N–H and O–H groups in total. The van der Waals surface area contributed by atoms with Crippen molar-refractivity contribution in [1.29, 1.82) is 5.26 Å². The summed E-state index contributed by atoms with van der Waals surface area (Å²) in [6.45, 7) is 2.28. The maximum Gasteiger partial charge on any atom is 0.254 e. The summed E-state index contributed by atoms with van der Waals surface area (Å²) < 4.78 is 25.7. The summed E-state index contributed by atoms with van der Waals surface area (Å²) in [6.07, 6.45) is 1.15. The Labute approximate surface area is 164 Å². The number of nitrogens with one attached hydrogen (secondary N) is 1. The number of nitriles is 1. The number of ether oxygens (including phenoxy) is 2. The largest absolute Gasteiger partial charge is 0.490 e. The van der Waals surface area contributed by atoms with Crippen LogP contribution in [0, 0.1) is 17.1 Å². The summed E-state index contributed by atoms with van der Waals surface area (Å²) in [5.41, 5.74) is 3.32. The highest BCUT2D eigenvalue weighted by atomic mass is 79.9. The van der Waals surface area contributed by atoms with Crippen LogP contribution in [-0.4, -0.2) is 18.7 Å². The molecule has 0 aliphatic carbocycles. The fourth-order valence-electron chi connectivity index (χ4n) is 2.12. The van der Waals surface area contributed by atoms with Crippen LogP contribution in [0.1, 0.15) is 24.5 Å². The first kappa shape index (κ1) is 20.4. The smallest absolute Gasteiger partial charge is 0.254 e. The first-order valence-corrected chi connectivity index (χ1v) is 8.85. The van der Waals surface area contributed by atoms with Gasteiger partial charge in [0.2, 0.25) is 0 Å². The summed E-state index contributed by atoms with van der Waals surface area (Å²) in [5.74, 6) is 0.0462. The van der Waals surface area contributed by atoms with Gasteiger partial charge in [0.1, 0.15) is 18.8 Å². The van der Waals surface area contributed by atoms with E-state index in [1.54, 1.807) is 36.4 Å². The SMILES string of the molecule is CCOc1cc(/C=N\NC(=O)CC#N)cc(Br)c1OCc1ccccc1F. The first-order valence-electron chi connectivity index (χ1n) is 8.06. The fourth-order valence-corrected chi connectivity index (χ4v) is 2.70. The molecule has 2 rings (SSSR count). The number of nitrogens with zero attached hydrogens (tertiary/aromatic N) is 2. The zero-order chi connectivity index (χ0) is 19.6. The molecular formula is C19H17BrFN3O3. The molecule has 27 heavy (non-hydrogen) atoms. The molecule has 0 aliphatic heterocycles. The molecule has 0 bridgehead atoms. The van der Waals surface area contributed by atoms with Crippen molar-refractivity contribution in [2.24, 2.45) is 5.10 Å². The van der Waals surface area contributed by atoms with Gasteiger partial charge in [0.25, 0.3) is 5.91 Å². The normalized spacial score (nSPS) is 10.4. The first-order chi connectivity index (χ1) is 13.0. The van der Waals surface area contributed by atoms with Gasteiger partial charge in [0.05, 0.1) is 23.4 Å². The van der Waals surface area contributed by atoms with Crippen molar-refractivity contribution in [3.05, 3.63) is 57.8 Å². The predicted molar refractivity (Wildman–Crippen MR) is 102 cm³/mol. The quantitative estimate of drug-likeness (QED) is 0.504. The summed E-state index contributed by atoms with van der Waals surface area (Å²) in [4.78, 5) is 11.2. The van der Waals surface area contributed by atoms with Gasteiger partial charge in [-0.3, -0.25) is 4.79 Å². The summed E-state index contributed by atoms with van der Waals surface area (Å²) in [6, 6.07) is 11.5. The second-order valence-electron chi connectivity index (χ2n) is 5.27. The van der Waals surface area contributed by atoms with Crippen molar-refractivity contribution >= 4 is 28.1 Å². The molecule has 6 nitrogen and oxygen atoms in total. The molecule has 0 spiro atoms. The van der Waals surface area contributed by atoms with Crippen LogP contribution in [0.15, 0.2) is 46.0 Å². The molecule has 1 amide bonds. The molecule has 0 fully saturated rings. The number of hydrogen-bond donors (Lipinski definition) is 1. The van der Waals surface area contributed by atoms with Gasteiger partial charge in [-0.1, -0.05) is 18.2 Å². The average molecular weight is 434 g/mol. The molecule has 2 aromatic carbocycles. The Morgan fingerprint density at radius 1 is 1.37 bits per heavy atom. The van der Waals surface area contributed by atoms with E-state index >= 15 is 0 Å². The Morgan fingerprint density at radius 2 is 2.15 bits per heavy atom. The van der Waals surface area contributed by atoms with Gasteiger partial charge in [-0.2, -0.15) is 10.4 Å². The van der Waals surface area contributed by atoms with Crippen LogP contribution in [0.2, 0.25) is 0 Å². The van der Waals surface area contributed by atoms with Gasteiger partial charge >= 0.3 is 0 Å². The Kier molecular flexibility index (Phi) is 7.77. The Morgan fingerprint density at radius 3 is 2.85 bits per heavy atom. The molecule has 0 saturated carbocycles. The van der Waals surface area contributed by atoms with E-state index in [9.17, 15) is 9.18 Å². The molecule has 0 atom stereocenters. The number of halogens is 2. The third kappa shape index (κ3) is 6.08. The Bertz CT molecular complexity index is 881. The Hall–Kier alpha value is -2.92. The van der Waals surface area contributed by atoms with Gasteiger partial charge in [0, 0.05) is 5.56 Å². The lowest BCUT2D eigenvalue weighted by Gasteiger charge is -2.15.